The van der Waals surface area contributed by atoms with Gasteiger partial charge in [-0.15, -0.1) is 0 Å². The Labute approximate surface area is 137 Å². The number of nitrogens with zero attached hydrogens (tertiary/aromatic N) is 2. The zero-order valence-corrected chi connectivity index (χ0v) is 13.7. The zero-order valence-electron chi connectivity index (χ0n) is 13.7. The summed E-state index contributed by atoms with van der Waals surface area (Å²) >= 11 is 0. The molecule has 0 aromatic heterocycles. The largest absolute Gasteiger partial charge is 0.497 e. The van der Waals surface area contributed by atoms with E-state index in [1.165, 1.54) is 6.20 Å². The fourth-order valence-electron chi connectivity index (χ4n) is 2.01. The molecule has 0 heterocycles. The molecule has 1 rings (SSSR count). The van der Waals surface area contributed by atoms with Crippen molar-refractivity contribution in [1.29, 1.82) is 5.26 Å². The maximum Gasteiger partial charge on any atom is 0.263 e. The molecule has 0 aliphatic carbocycles. The van der Waals surface area contributed by atoms with Gasteiger partial charge in [-0.3, -0.25) is 4.79 Å². The second-order valence-corrected chi connectivity index (χ2v) is 4.98. The van der Waals surface area contributed by atoms with Crippen LogP contribution >= 0.6 is 0 Å². The molecule has 0 aliphatic rings. The van der Waals surface area contributed by atoms with Gasteiger partial charge in [-0.05, 0) is 31.5 Å². The summed E-state index contributed by atoms with van der Waals surface area (Å²) in [7, 11) is 1.59. The van der Waals surface area contributed by atoms with E-state index in [1.807, 2.05) is 44.2 Å². The third-order valence-electron chi connectivity index (χ3n) is 3.43. The minimum absolute atomic E-state index is 0.0145. The van der Waals surface area contributed by atoms with Gasteiger partial charge in [0.1, 0.15) is 17.4 Å². The number of hydrogen-bond acceptors (Lipinski definition) is 5. The van der Waals surface area contributed by atoms with Gasteiger partial charge in [0.2, 0.25) is 0 Å². The van der Waals surface area contributed by atoms with Gasteiger partial charge in [0, 0.05) is 19.3 Å². The second kappa shape index (κ2) is 9.49. The van der Waals surface area contributed by atoms with E-state index in [4.69, 9.17) is 9.84 Å². The van der Waals surface area contributed by atoms with Crippen molar-refractivity contribution in [3.05, 3.63) is 41.6 Å². The van der Waals surface area contributed by atoms with E-state index in [-0.39, 0.29) is 18.2 Å². The number of rotatable bonds is 8. The summed E-state index contributed by atoms with van der Waals surface area (Å²) in [5.41, 5.74) is 0.930. The molecule has 23 heavy (non-hydrogen) atoms. The van der Waals surface area contributed by atoms with Gasteiger partial charge in [0.15, 0.2) is 0 Å². The molecule has 0 spiro atoms. The van der Waals surface area contributed by atoms with Crippen LogP contribution in [0.4, 0.5) is 0 Å². The van der Waals surface area contributed by atoms with E-state index < -0.39 is 5.91 Å². The first-order valence-corrected chi connectivity index (χ1v) is 7.47. The van der Waals surface area contributed by atoms with Gasteiger partial charge in [-0.1, -0.05) is 12.1 Å². The van der Waals surface area contributed by atoms with Crippen molar-refractivity contribution in [3.63, 3.8) is 0 Å². The fraction of sp³-hybridized carbons (Fsp3) is 0.412. The van der Waals surface area contributed by atoms with Crippen molar-refractivity contribution in [1.82, 2.24) is 10.2 Å². The maximum absolute atomic E-state index is 12.2. The molecule has 0 radical (unpaired) electrons. The first-order chi connectivity index (χ1) is 11.0. The van der Waals surface area contributed by atoms with E-state index >= 15 is 0 Å². The van der Waals surface area contributed by atoms with Gasteiger partial charge >= 0.3 is 0 Å². The van der Waals surface area contributed by atoms with Crippen molar-refractivity contribution in [2.75, 3.05) is 26.8 Å². The number of benzene rings is 1. The van der Waals surface area contributed by atoms with Crippen LogP contribution in [0.5, 0.6) is 5.75 Å². The first kappa shape index (κ1) is 18.5. The van der Waals surface area contributed by atoms with Crippen molar-refractivity contribution in [2.45, 2.75) is 19.9 Å². The maximum atomic E-state index is 12.2. The summed E-state index contributed by atoms with van der Waals surface area (Å²) in [6.07, 6.45) is 1.48. The Hall–Kier alpha value is -2.52. The SMILES string of the molecule is CCN(/C=C(/C#N)C(=O)NC(C)c1ccc(OC)cc1)CCO. The van der Waals surface area contributed by atoms with Gasteiger partial charge in [0.05, 0.1) is 19.8 Å². The molecule has 0 saturated heterocycles. The van der Waals surface area contributed by atoms with Gasteiger partial charge < -0.3 is 20.1 Å². The Morgan fingerprint density at radius 1 is 1.48 bits per heavy atom. The molecule has 1 aromatic carbocycles. The predicted molar refractivity (Wildman–Crippen MR) is 87.6 cm³/mol. The molecule has 0 bridgehead atoms. The summed E-state index contributed by atoms with van der Waals surface area (Å²) in [5.74, 6) is 0.305. The normalized spacial score (nSPS) is 12.2. The Balaban J connectivity index is 2.78. The molecular formula is C17H23N3O3. The highest BCUT2D eigenvalue weighted by Crippen LogP contribution is 2.17. The van der Waals surface area contributed by atoms with Crippen molar-refractivity contribution >= 4 is 5.91 Å². The summed E-state index contributed by atoms with van der Waals surface area (Å²) in [5, 5.41) is 20.9. The number of ether oxygens (including phenoxy) is 1. The summed E-state index contributed by atoms with van der Waals surface area (Å²) in [4.78, 5) is 13.9. The Morgan fingerprint density at radius 2 is 2.13 bits per heavy atom. The van der Waals surface area contributed by atoms with Crippen LogP contribution in [0.1, 0.15) is 25.5 Å². The Kier molecular flexibility index (Phi) is 7.64. The number of aliphatic hydroxyl groups is 1. The highest BCUT2D eigenvalue weighted by Gasteiger charge is 2.15. The highest BCUT2D eigenvalue weighted by atomic mass is 16.5. The van der Waals surface area contributed by atoms with Crippen molar-refractivity contribution in [3.8, 4) is 11.8 Å². The van der Waals surface area contributed by atoms with E-state index in [0.717, 1.165) is 11.3 Å². The number of nitriles is 1. The number of nitrogens with one attached hydrogen (secondary N) is 1. The van der Waals surface area contributed by atoms with Crippen LogP contribution < -0.4 is 10.1 Å². The summed E-state index contributed by atoms with van der Waals surface area (Å²) in [6, 6.07) is 9.03. The van der Waals surface area contributed by atoms with Crippen LogP contribution in [0.25, 0.3) is 0 Å². The number of carbonyl (C=O) groups is 1. The third-order valence-corrected chi connectivity index (χ3v) is 3.43. The molecule has 124 valence electrons. The minimum Gasteiger partial charge on any atom is -0.497 e. The number of hydrogen-bond donors (Lipinski definition) is 2. The van der Waals surface area contributed by atoms with Gasteiger partial charge in [0.25, 0.3) is 5.91 Å². The molecule has 0 aliphatic heterocycles. The smallest absolute Gasteiger partial charge is 0.263 e. The molecule has 6 heteroatoms. The molecule has 1 unspecified atom stereocenters. The number of aliphatic hydroxyl groups excluding tert-OH is 1. The summed E-state index contributed by atoms with van der Waals surface area (Å²) in [6.45, 7) is 4.68. The number of carbonyl (C=O) groups excluding carboxylic acids is 1. The average molecular weight is 317 g/mol. The standard InChI is InChI=1S/C17H23N3O3/c1-4-20(9-10-21)12-15(11-18)17(22)19-13(2)14-5-7-16(23-3)8-6-14/h5-8,12-13,21H,4,9-10H2,1-3H3,(H,19,22)/b15-12-. The lowest BCUT2D eigenvalue weighted by Gasteiger charge is -2.18. The second-order valence-electron chi connectivity index (χ2n) is 4.98. The fourth-order valence-corrected chi connectivity index (χ4v) is 2.01. The Morgan fingerprint density at radius 3 is 2.61 bits per heavy atom. The average Bonchev–Trinajstić information content (AvgIpc) is 2.58. The summed E-state index contributed by atoms with van der Waals surface area (Å²) < 4.78 is 5.10. The zero-order chi connectivity index (χ0) is 17.2. The Bertz CT molecular complexity index is 576. The topological polar surface area (TPSA) is 85.6 Å². The molecule has 2 N–H and O–H groups in total. The first-order valence-electron chi connectivity index (χ1n) is 7.47. The van der Waals surface area contributed by atoms with Crippen LogP contribution in [0.3, 0.4) is 0 Å². The van der Waals surface area contributed by atoms with E-state index in [2.05, 4.69) is 5.32 Å². The molecule has 6 nitrogen and oxygen atoms in total. The van der Waals surface area contributed by atoms with Crippen LogP contribution in [0, 0.1) is 11.3 Å². The quantitative estimate of drug-likeness (QED) is 0.562. The number of methoxy groups -OCH3 is 1. The monoisotopic (exact) mass is 317 g/mol. The molecule has 1 amide bonds. The van der Waals surface area contributed by atoms with Crippen LogP contribution in [-0.2, 0) is 4.79 Å². The van der Waals surface area contributed by atoms with Crippen LogP contribution in [0.2, 0.25) is 0 Å². The van der Waals surface area contributed by atoms with Gasteiger partial charge in [-0.25, -0.2) is 0 Å². The highest BCUT2D eigenvalue weighted by molar-refractivity contribution is 5.97. The van der Waals surface area contributed by atoms with Crippen molar-refractivity contribution < 1.29 is 14.6 Å². The molecule has 1 atom stereocenters. The number of likely N-dealkylation sites (N-methyl/N-ethyl adjacent to an activating group) is 1. The van der Waals surface area contributed by atoms with Gasteiger partial charge in [-0.2, -0.15) is 5.26 Å². The molecule has 0 fully saturated rings. The number of amides is 1. The minimum atomic E-state index is -0.438. The lowest BCUT2D eigenvalue weighted by atomic mass is 10.1. The van der Waals surface area contributed by atoms with Crippen LogP contribution in [0.15, 0.2) is 36.0 Å². The van der Waals surface area contributed by atoms with E-state index in [0.29, 0.717) is 13.1 Å². The van der Waals surface area contributed by atoms with Crippen molar-refractivity contribution in [2.24, 2.45) is 0 Å². The third kappa shape index (κ3) is 5.64. The predicted octanol–water partition coefficient (Wildman–Crippen LogP) is 1.59. The van der Waals surface area contributed by atoms with E-state index in [9.17, 15) is 10.1 Å². The van der Waals surface area contributed by atoms with E-state index in [1.54, 1.807) is 12.0 Å². The lowest BCUT2D eigenvalue weighted by Crippen LogP contribution is -2.29. The molecule has 0 saturated carbocycles. The van der Waals surface area contributed by atoms with Crippen LogP contribution in [-0.4, -0.2) is 42.7 Å². The molecular weight excluding hydrogens is 294 g/mol. The lowest BCUT2D eigenvalue weighted by molar-refractivity contribution is -0.117. The molecule has 1 aromatic rings.